The maximum Gasteiger partial charge on any atom is 0.294 e. The predicted molar refractivity (Wildman–Crippen MR) is 119 cm³/mol. The average Bonchev–Trinajstić information content (AvgIpc) is 3.37. The maximum atomic E-state index is 13.0. The minimum Gasteiger partial charge on any atom is -0.339 e. The minimum absolute atomic E-state index is 0.148. The summed E-state index contributed by atoms with van der Waals surface area (Å²) in [6, 6.07) is 4.49. The second-order valence-electron chi connectivity index (χ2n) is 8.65. The van der Waals surface area contributed by atoms with Gasteiger partial charge in [-0.25, -0.2) is 4.98 Å². The highest BCUT2D eigenvalue weighted by atomic mass is 16.6. The van der Waals surface area contributed by atoms with Crippen molar-refractivity contribution in [3.63, 3.8) is 0 Å². The highest BCUT2D eigenvalue weighted by Crippen LogP contribution is 2.28. The Labute approximate surface area is 187 Å². The first-order valence-corrected chi connectivity index (χ1v) is 11.4. The summed E-state index contributed by atoms with van der Waals surface area (Å²) in [6.45, 7) is 1.88. The van der Waals surface area contributed by atoms with E-state index in [0.717, 1.165) is 6.42 Å². The van der Waals surface area contributed by atoms with Gasteiger partial charge in [-0.1, -0.05) is 32.1 Å². The summed E-state index contributed by atoms with van der Waals surface area (Å²) in [5.74, 6) is 0.597. The molecule has 0 bridgehead atoms. The summed E-state index contributed by atoms with van der Waals surface area (Å²) in [5, 5.41) is 11.6. The molecule has 4 rings (SSSR count). The van der Waals surface area contributed by atoms with E-state index in [4.69, 9.17) is 0 Å². The van der Waals surface area contributed by atoms with E-state index in [0.29, 0.717) is 44.2 Å². The van der Waals surface area contributed by atoms with Crippen LogP contribution in [0.15, 0.2) is 36.9 Å². The number of imidazole rings is 1. The third-order valence-corrected chi connectivity index (χ3v) is 6.61. The van der Waals surface area contributed by atoms with Crippen molar-refractivity contribution in [3.05, 3.63) is 52.6 Å². The average molecular weight is 440 g/mol. The Morgan fingerprint density at radius 3 is 2.44 bits per heavy atom. The van der Waals surface area contributed by atoms with Gasteiger partial charge in [0.2, 0.25) is 5.91 Å². The van der Waals surface area contributed by atoms with Crippen molar-refractivity contribution in [2.45, 2.75) is 44.9 Å². The molecule has 0 spiro atoms. The standard InChI is InChI=1S/C23H29N5O4/c29-22(9-6-18-4-2-1-3-5-18)25-12-14-26(15-13-25)23(30)19-7-8-20(21(16-19)28(31)32)27-11-10-24-17-27/h7-8,10-11,16-18H,1-6,9,12-15H2. The molecule has 170 valence electrons. The zero-order valence-corrected chi connectivity index (χ0v) is 18.2. The number of piperazine rings is 1. The third kappa shape index (κ3) is 4.98. The SMILES string of the molecule is O=C(CCC1CCCCC1)N1CCN(C(=O)c2ccc(-n3ccnc3)c([N+](=O)[O-])c2)CC1. The normalized spacial score (nSPS) is 17.4. The van der Waals surface area contributed by atoms with Gasteiger partial charge in [-0.3, -0.25) is 19.7 Å². The van der Waals surface area contributed by atoms with Crippen LogP contribution in [0.2, 0.25) is 0 Å². The molecule has 1 aromatic carbocycles. The molecular formula is C23H29N5O4. The van der Waals surface area contributed by atoms with E-state index in [9.17, 15) is 19.7 Å². The first-order chi connectivity index (χ1) is 15.5. The molecule has 0 atom stereocenters. The smallest absolute Gasteiger partial charge is 0.294 e. The Bertz CT molecular complexity index is 961. The van der Waals surface area contributed by atoms with Crippen LogP contribution in [-0.2, 0) is 4.79 Å². The van der Waals surface area contributed by atoms with Gasteiger partial charge in [-0.05, 0) is 24.5 Å². The van der Waals surface area contributed by atoms with Gasteiger partial charge in [0.15, 0.2) is 0 Å². The van der Waals surface area contributed by atoms with Crippen LogP contribution in [0.4, 0.5) is 5.69 Å². The fourth-order valence-electron chi connectivity index (χ4n) is 4.73. The molecule has 0 N–H and O–H groups in total. The van der Waals surface area contributed by atoms with Crippen LogP contribution in [0.1, 0.15) is 55.3 Å². The molecule has 1 saturated carbocycles. The van der Waals surface area contributed by atoms with Crippen molar-refractivity contribution in [1.82, 2.24) is 19.4 Å². The number of carbonyl (C=O) groups is 2. The van der Waals surface area contributed by atoms with Crippen LogP contribution in [0.5, 0.6) is 0 Å². The van der Waals surface area contributed by atoms with Gasteiger partial charge >= 0.3 is 0 Å². The fraction of sp³-hybridized carbons (Fsp3) is 0.522. The molecule has 9 nitrogen and oxygen atoms in total. The lowest BCUT2D eigenvalue weighted by Gasteiger charge is -2.35. The molecule has 2 amide bonds. The number of nitro benzene ring substituents is 1. The van der Waals surface area contributed by atoms with E-state index < -0.39 is 4.92 Å². The minimum atomic E-state index is -0.491. The summed E-state index contributed by atoms with van der Waals surface area (Å²) in [7, 11) is 0. The monoisotopic (exact) mass is 439 g/mol. The van der Waals surface area contributed by atoms with Crippen molar-refractivity contribution >= 4 is 17.5 Å². The Kier molecular flexibility index (Phi) is 6.82. The van der Waals surface area contributed by atoms with Gasteiger partial charge < -0.3 is 14.4 Å². The van der Waals surface area contributed by atoms with Crippen LogP contribution in [-0.4, -0.2) is 62.3 Å². The lowest BCUT2D eigenvalue weighted by molar-refractivity contribution is -0.384. The molecule has 9 heteroatoms. The number of hydrogen-bond donors (Lipinski definition) is 0. The Morgan fingerprint density at radius 2 is 1.78 bits per heavy atom. The fourth-order valence-corrected chi connectivity index (χ4v) is 4.73. The molecule has 1 saturated heterocycles. The van der Waals surface area contributed by atoms with Gasteiger partial charge in [-0.2, -0.15) is 0 Å². The van der Waals surface area contributed by atoms with Crippen LogP contribution < -0.4 is 0 Å². The quantitative estimate of drug-likeness (QED) is 0.507. The lowest BCUT2D eigenvalue weighted by atomic mass is 9.86. The number of aromatic nitrogens is 2. The predicted octanol–water partition coefficient (Wildman–Crippen LogP) is 3.43. The first kappa shape index (κ1) is 22.0. The van der Waals surface area contributed by atoms with Crippen molar-refractivity contribution in [3.8, 4) is 5.69 Å². The van der Waals surface area contributed by atoms with E-state index >= 15 is 0 Å². The zero-order valence-electron chi connectivity index (χ0n) is 18.2. The topological polar surface area (TPSA) is 102 Å². The Balaban J connectivity index is 1.34. The molecule has 0 unspecified atom stereocenters. The highest BCUT2D eigenvalue weighted by Gasteiger charge is 2.27. The lowest BCUT2D eigenvalue weighted by Crippen LogP contribution is -2.50. The van der Waals surface area contributed by atoms with Crippen molar-refractivity contribution < 1.29 is 14.5 Å². The molecule has 1 aliphatic heterocycles. The first-order valence-electron chi connectivity index (χ1n) is 11.4. The molecule has 1 aliphatic carbocycles. The van der Waals surface area contributed by atoms with Crippen molar-refractivity contribution in [2.75, 3.05) is 26.2 Å². The van der Waals surface area contributed by atoms with Gasteiger partial charge in [0.1, 0.15) is 5.69 Å². The van der Waals surface area contributed by atoms with Crippen LogP contribution in [0, 0.1) is 16.0 Å². The van der Waals surface area contributed by atoms with E-state index in [2.05, 4.69) is 4.98 Å². The van der Waals surface area contributed by atoms with Gasteiger partial charge in [0, 0.05) is 56.6 Å². The molecular weight excluding hydrogens is 410 g/mol. The number of amides is 2. The van der Waals surface area contributed by atoms with Crippen LogP contribution in [0.3, 0.4) is 0 Å². The van der Waals surface area contributed by atoms with Gasteiger partial charge in [0.05, 0.1) is 11.3 Å². The summed E-state index contributed by atoms with van der Waals surface area (Å²) in [5.41, 5.74) is 0.487. The van der Waals surface area contributed by atoms with Crippen LogP contribution >= 0.6 is 0 Å². The number of hydrogen-bond acceptors (Lipinski definition) is 5. The largest absolute Gasteiger partial charge is 0.339 e. The number of carbonyl (C=O) groups excluding carboxylic acids is 2. The number of nitrogens with zero attached hydrogens (tertiary/aromatic N) is 5. The van der Waals surface area contributed by atoms with Gasteiger partial charge in [0.25, 0.3) is 11.6 Å². The Hall–Kier alpha value is -3.23. The maximum absolute atomic E-state index is 13.0. The van der Waals surface area contributed by atoms with E-state index in [-0.39, 0.29) is 23.1 Å². The Morgan fingerprint density at radius 1 is 1.06 bits per heavy atom. The molecule has 2 heterocycles. The highest BCUT2D eigenvalue weighted by molar-refractivity contribution is 5.95. The second-order valence-corrected chi connectivity index (χ2v) is 8.65. The summed E-state index contributed by atoms with van der Waals surface area (Å²) in [6.07, 6.45) is 12.5. The molecule has 2 aliphatic rings. The van der Waals surface area contributed by atoms with Gasteiger partial charge in [-0.15, -0.1) is 0 Å². The van der Waals surface area contributed by atoms with E-state index in [1.54, 1.807) is 34.0 Å². The van der Waals surface area contributed by atoms with Crippen molar-refractivity contribution in [1.29, 1.82) is 0 Å². The van der Waals surface area contributed by atoms with E-state index in [1.165, 1.54) is 44.5 Å². The zero-order chi connectivity index (χ0) is 22.5. The molecule has 32 heavy (non-hydrogen) atoms. The van der Waals surface area contributed by atoms with E-state index in [1.807, 2.05) is 4.90 Å². The number of benzene rings is 1. The second kappa shape index (κ2) is 9.93. The number of nitro groups is 1. The van der Waals surface area contributed by atoms with Crippen molar-refractivity contribution in [2.24, 2.45) is 5.92 Å². The number of rotatable bonds is 6. The van der Waals surface area contributed by atoms with Crippen LogP contribution in [0.25, 0.3) is 5.69 Å². The molecule has 2 aromatic rings. The summed E-state index contributed by atoms with van der Waals surface area (Å²) < 4.78 is 1.55. The molecule has 2 fully saturated rings. The molecule has 0 radical (unpaired) electrons. The summed E-state index contributed by atoms with van der Waals surface area (Å²) in [4.78, 5) is 44.1. The summed E-state index contributed by atoms with van der Waals surface area (Å²) >= 11 is 0. The molecule has 1 aromatic heterocycles. The third-order valence-electron chi connectivity index (χ3n) is 6.61.